The van der Waals surface area contributed by atoms with Crippen molar-refractivity contribution in [1.82, 2.24) is 14.9 Å². The van der Waals surface area contributed by atoms with Gasteiger partial charge in [0.25, 0.3) is 6.43 Å². The number of carbonyl (C=O) groups excluding carboxylic acids is 1. The zero-order chi connectivity index (χ0) is 21.4. The number of halogens is 4. The molecular formula is C20H20F4N4O2. The van der Waals surface area contributed by atoms with Crippen LogP contribution in [-0.2, 0) is 17.9 Å². The molecule has 1 fully saturated rings. The van der Waals surface area contributed by atoms with E-state index < -0.39 is 13.0 Å². The van der Waals surface area contributed by atoms with Gasteiger partial charge in [0, 0.05) is 38.0 Å². The first-order chi connectivity index (χ1) is 14.3. The SMILES string of the molecule is Cc1cc(C(F)F)nc2c1CN(C(=O)CC1CN(c3cncc(OC(F)F)c3)C1)C2. The molecule has 2 aliphatic heterocycles. The summed E-state index contributed by atoms with van der Waals surface area (Å²) in [7, 11) is 0. The third-order valence-corrected chi connectivity index (χ3v) is 5.43. The highest BCUT2D eigenvalue weighted by Gasteiger charge is 2.33. The van der Waals surface area contributed by atoms with Crippen LogP contribution in [0.1, 0.15) is 35.4 Å². The number of fused-ring (bicyclic) bond motifs is 1. The lowest BCUT2D eigenvalue weighted by Crippen LogP contribution is -2.48. The van der Waals surface area contributed by atoms with Crippen LogP contribution in [0, 0.1) is 12.8 Å². The van der Waals surface area contributed by atoms with Gasteiger partial charge in [-0.3, -0.25) is 9.78 Å². The van der Waals surface area contributed by atoms with Gasteiger partial charge in [-0.1, -0.05) is 0 Å². The molecule has 4 rings (SSSR count). The summed E-state index contributed by atoms with van der Waals surface area (Å²) in [6.07, 6.45) is 0.463. The molecular weight excluding hydrogens is 404 g/mol. The molecule has 4 heterocycles. The fourth-order valence-corrected chi connectivity index (χ4v) is 3.89. The lowest BCUT2D eigenvalue weighted by molar-refractivity contribution is -0.133. The van der Waals surface area contributed by atoms with Gasteiger partial charge in [-0.15, -0.1) is 0 Å². The highest BCUT2D eigenvalue weighted by Crippen LogP contribution is 2.32. The smallest absolute Gasteiger partial charge is 0.387 e. The average Bonchev–Trinajstić information content (AvgIpc) is 3.08. The summed E-state index contributed by atoms with van der Waals surface area (Å²) in [6, 6.07) is 2.87. The lowest BCUT2D eigenvalue weighted by Gasteiger charge is -2.41. The maximum absolute atomic E-state index is 13.0. The van der Waals surface area contributed by atoms with Gasteiger partial charge in [0.05, 0.1) is 30.3 Å². The molecule has 0 bridgehead atoms. The Balaban J connectivity index is 1.32. The van der Waals surface area contributed by atoms with Crippen LogP contribution in [0.15, 0.2) is 24.5 Å². The Kier molecular flexibility index (Phi) is 5.48. The molecule has 10 heteroatoms. The number of nitrogens with zero attached hydrogens (tertiary/aromatic N) is 4. The normalized spacial score (nSPS) is 16.2. The minimum Gasteiger partial charge on any atom is -0.433 e. The van der Waals surface area contributed by atoms with Gasteiger partial charge in [-0.05, 0) is 24.1 Å². The molecule has 2 aromatic heterocycles. The van der Waals surface area contributed by atoms with E-state index in [1.54, 1.807) is 18.0 Å². The molecule has 160 valence electrons. The van der Waals surface area contributed by atoms with Crippen molar-refractivity contribution in [3.05, 3.63) is 47.0 Å². The number of ether oxygens (including phenoxy) is 1. The topological polar surface area (TPSA) is 58.6 Å². The van der Waals surface area contributed by atoms with E-state index in [2.05, 4.69) is 14.7 Å². The maximum Gasteiger partial charge on any atom is 0.387 e. The van der Waals surface area contributed by atoms with Gasteiger partial charge in [-0.2, -0.15) is 8.78 Å². The van der Waals surface area contributed by atoms with Gasteiger partial charge in [-0.25, -0.2) is 13.8 Å². The predicted molar refractivity (Wildman–Crippen MR) is 99.4 cm³/mol. The molecule has 6 nitrogen and oxygen atoms in total. The van der Waals surface area contributed by atoms with E-state index in [1.807, 2.05) is 4.90 Å². The van der Waals surface area contributed by atoms with Crippen LogP contribution in [0.2, 0.25) is 0 Å². The highest BCUT2D eigenvalue weighted by atomic mass is 19.3. The Morgan fingerprint density at radius 2 is 1.97 bits per heavy atom. The molecule has 0 atom stereocenters. The molecule has 0 N–H and O–H groups in total. The average molecular weight is 424 g/mol. The monoisotopic (exact) mass is 424 g/mol. The van der Waals surface area contributed by atoms with Crippen LogP contribution >= 0.6 is 0 Å². The Morgan fingerprint density at radius 1 is 1.20 bits per heavy atom. The number of anilines is 1. The zero-order valence-corrected chi connectivity index (χ0v) is 16.2. The summed E-state index contributed by atoms with van der Waals surface area (Å²) in [5.74, 6) is 0.0537. The van der Waals surface area contributed by atoms with Crippen molar-refractivity contribution >= 4 is 11.6 Å². The Labute approximate surface area is 170 Å². The first-order valence-electron chi connectivity index (χ1n) is 9.50. The number of carbonyl (C=O) groups is 1. The van der Waals surface area contributed by atoms with Gasteiger partial charge in [0.2, 0.25) is 5.91 Å². The molecule has 2 aromatic rings. The van der Waals surface area contributed by atoms with E-state index in [0.29, 0.717) is 37.4 Å². The van der Waals surface area contributed by atoms with Crippen LogP contribution in [0.5, 0.6) is 5.75 Å². The number of pyridine rings is 2. The number of hydrogen-bond donors (Lipinski definition) is 0. The largest absolute Gasteiger partial charge is 0.433 e. The summed E-state index contributed by atoms with van der Waals surface area (Å²) < 4.78 is 55.0. The fraction of sp³-hybridized carbons (Fsp3) is 0.450. The van der Waals surface area contributed by atoms with Crippen molar-refractivity contribution in [3.8, 4) is 5.75 Å². The third kappa shape index (κ3) is 4.17. The number of amides is 1. The van der Waals surface area contributed by atoms with Gasteiger partial charge >= 0.3 is 6.61 Å². The number of aryl methyl sites for hydroxylation is 1. The first-order valence-corrected chi connectivity index (χ1v) is 9.50. The van der Waals surface area contributed by atoms with Crippen molar-refractivity contribution in [1.29, 1.82) is 0 Å². The zero-order valence-electron chi connectivity index (χ0n) is 16.2. The summed E-state index contributed by atoms with van der Waals surface area (Å²) in [5, 5.41) is 0. The number of rotatable bonds is 6. The summed E-state index contributed by atoms with van der Waals surface area (Å²) in [5.41, 5.74) is 2.49. The van der Waals surface area contributed by atoms with Crippen LogP contribution < -0.4 is 9.64 Å². The van der Waals surface area contributed by atoms with Crippen molar-refractivity contribution in [3.63, 3.8) is 0 Å². The van der Waals surface area contributed by atoms with Crippen molar-refractivity contribution in [2.24, 2.45) is 5.92 Å². The molecule has 2 aliphatic rings. The second kappa shape index (κ2) is 8.08. The van der Waals surface area contributed by atoms with Crippen molar-refractivity contribution < 1.29 is 27.1 Å². The van der Waals surface area contributed by atoms with Crippen LogP contribution in [0.25, 0.3) is 0 Å². The number of hydrogen-bond acceptors (Lipinski definition) is 5. The molecule has 0 unspecified atom stereocenters. The highest BCUT2D eigenvalue weighted by molar-refractivity contribution is 5.77. The molecule has 1 saturated heterocycles. The van der Waals surface area contributed by atoms with Crippen molar-refractivity contribution in [2.75, 3.05) is 18.0 Å². The summed E-state index contributed by atoms with van der Waals surface area (Å²) in [6.45, 7) is 0.651. The Hall–Kier alpha value is -2.91. The molecule has 0 radical (unpaired) electrons. The Morgan fingerprint density at radius 3 is 2.67 bits per heavy atom. The Bertz CT molecular complexity index is 950. The minimum absolute atomic E-state index is 0.0112. The standard InChI is InChI=1S/C20H20F4N4O2/c1-11-2-16(19(21)22)26-17-10-28(9-15(11)17)18(29)3-12-7-27(8-12)13-4-14(6-25-5-13)30-20(23)24/h2,4-6,12,19-20H,3,7-10H2,1H3. The van der Waals surface area contributed by atoms with Gasteiger partial charge in [0.15, 0.2) is 0 Å². The second-order valence-electron chi connectivity index (χ2n) is 7.57. The van der Waals surface area contributed by atoms with Crippen LogP contribution in [-0.4, -0.2) is 40.5 Å². The molecule has 0 spiro atoms. The van der Waals surface area contributed by atoms with E-state index >= 15 is 0 Å². The van der Waals surface area contributed by atoms with E-state index in [-0.39, 0.29) is 29.8 Å². The second-order valence-corrected chi connectivity index (χ2v) is 7.57. The van der Waals surface area contributed by atoms with E-state index in [9.17, 15) is 22.4 Å². The van der Waals surface area contributed by atoms with Crippen LogP contribution in [0.4, 0.5) is 23.2 Å². The fourth-order valence-electron chi connectivity index (χ4n) is 3.89. The first kappa shape index (κ1) is 20.4. The lowest BCUT2D eigenvalue weighted by atomic mass is 9.95. The van der Waals surface area contributed by atoms with Crippen molar-refractivity contribution in [2.45, 2.75) is 39.5 Å². The van der Waals surface area contributed by atoms with E-state index in [1.165, 1.54) is 18.3 Å². The minimum atomic E-state index is -2.91. The van der Waals surface area contributed by atoms with Gasteiger partial charge in [0.1, 0.15) is 11.4 Å². The van der Waals surface area contributed by atoms with E-state index in [4.69, 9.17) is 0 Å². The summed E-state index contributed by atoms with van der Waals surface area (Å²) in [4.78, 5) is 24.2. The molecule has 0 aromatic carbocycles. The summed E-state index contributed by atoms with van der Waals surface area (Å²) >= 11 is 0. The number of alkyl halides is 4. The third-order valence-electron chi connectivity index (χ3n) is 5.43. The molecule has 0 saturated carbocycles. The quantitative estimate of drug-likeness (QED) is 0.662. The van der Waals surface area contributed by atoms with E-state index in [0.717, 1.165) is 11.1 Å². The maximum atomic E-state index is 13.0. The molecule has 0 aliphatic carbocycles. The predicted octanol–water partition coefficient (Wildman–Crippen LogP) is 3.69. The molecule has 30 heavy (non-hydrogen) atoms. The van der Waals surface area contributed by atoms with Gasteiger partial charge < -0.3 is 14.5 Å². The van der Waals surface area contributed by atoms with Crippen LogP contribution in [0.3, 0.4) is 0 Å². The molecule has 1 amide bonds. The number of aromatic nitrogens is 2.